The van der Waals surface area contributed by atoms with Crippen LogP contribution in [-0.2, 0) is 20.7 Å². The molecule has 0 radical (unpaired) electrons. The molecule has 0 aliphatic carbocycles. The van der Waals surface area contributed by atoms with Crippen molar-refractivity contribution in [1.29, 1.82) is 0 Å². The van der Waals surface area contributed by atoms with Crippen LogP contribution in [0.1, 0.15) is 12.3 Å². The number of methoxy groups -OCH3 is 1. The van der Waals surface area contributed by atoms with Crippen LogP contribution in [0.5, 0.6) is 0 Å². The Morgan fingerprint density at radius 1 is 1.06 bits per heavy atom. The van der Waals surface area contributed by atoms with E-state index in [1.54, 1.807) is 42.6 Å². The quantitative estimate of drug-likeness (QED) is 0.462. The van der Waals surface area contributed by atoms with Gasteiger partial charge in [0.15, 0.2) is 11.7 Å². The van der Waals surface area contributed by atoms with Crippen LogP contribution in [0.2, 0.25) is 5.02 Å². The number of nitrogens with one attached hydrogen (secondary N) is 2. The van der Waals surface area contributed by atoms with Crippen molar-refractivity contribution in [2.75, 3.05) is 31.0 Å². The third-order valence-corrected chi connectivity index (χ3v) is 4.41. The molecule has 0 spiro atoms. The van der Waals surface area contributed by atoms with Crippen molar-refractivity contribution in [2.24, 2.45) is 0 Å². The minimum absolute atomic E-state index is 0.152. The van der Waals surface area contributed by atoms with E-state index in [0.29, 0.717) is 41.1 Å². The normalized spacial score (nSPS) is 10.5. The van der Waals surface area contributed by atoms with E-state index in [1.165, 1.54) is 7.11 Å². The van der Waals surface area contributed by atoms with E-state index in [0.717, 1.165) is 5.56 Å². The lowest BCUT2D eigenvalue weighted by atomic mass is 10.2. The Balaban J connectivity index is 1.49. The number of carbonyl (C=O) groups excluding carboxylic acids is 2. The van der Waals surface area contributed by atoms with Crippen LogP contribution in [0.25, 0.3) is 11.3 Å². The molecule has 0 saturated carbocycles. The molecule has 2 N–H and O–H groups in total. The summed E-state index contributed by atoms with van der Waals surface area (Å²) in [5.41, 5.74) is 1.91. The summed E-state index contributed by atoms with van der Waals surface area (Å²) in [5, 5.41) is 6.02. The number of benzene rings is 2. The zero-order chi connectivity index (χ0) is 22.1. The number of amides is 2. The van der Waals surface area contributed by atoms with E-state index in [1.807, 2.05) is 12.1 Å². The van der Waals surface area contributed by atoms with Crippen LogP contribution in [0.15, 0.2) is 59.1 Å². The number of rotatable bonds is 9. The van der Waals surface area contributed by atoms with E-state index >= 15 is 0 Å². The van der Waals surface area contributed by atoms with Crippen LogP contribution in [0.3, 0.4) is 0 Å². The highest BCUT2D eigenvalue weighted by molar-refractivity contribution is 6.30. The molecule has 162 valence electrons. The Morgan fingerprint density at radius 2 is 1.81 bits per heavy atom. The SMILES string of the molecule is COCCOC(=O)Nc1cccc(NC(=O)CCc2ncc(-c3ccc(Cl)cc3)o2)c1. The third kappa shape index (κ3) is 7.13. The van der Waals surface area contributed by atoms with Gasteiger partial charge in [-0.15, -0.1) is 0 Å². The zero-order valence-corrected chi connectivity index (χ0v) is 17.6. The number of hydrogen-bond acceptors (Lipinski definition) is 6. The molecule has 3 rings (SSSR count). The fourth-order valence-corrected chi connectivity index (χ4v) is 2.79. The lowest BCUT2D eigenvalue weighted by Crippen LogP contribution is -2.17. The van der Waals surface area contributed by atoms with Crippen molar-refractivity contribution < 1.29 is 23.5 Å². The standard InChI is InChI=1S/C22H22ClN3O5/c1-29-11-12-30-22(28)26-18-4-2-3-17(13-18)25-20(27)9-10-21-24-14-19(31-21)15-5-7-16(23)8-6-15/h2-8,13-14H,9-12H2,1H3,(H,25,27)(H,26,28). The lowest BCUT2D eigenvalue weighted by Gasteiger charge is -2.09. The number of aryl methyl sites for hydroxylation is 1. The van der Waals surface area contributed by atoms with Crippen molar-refractivity contribution >= 4 is 35.0 Å². The van der Waals surface area contributed by atoms with E-state index in [-0.39, 0.29) is 18.9 Å². The first-order chi connectivity index (χ1) is 15.0. The summed E-state index contributed by atoms with van der Waals surface area (Å²) < 4.78 is 15.5. The van der Waals surface area contributed by atoms with Crippen LogP contribution < -0.4 is 10.6 Å². The van der Waals surface area contributed by atoms with Gasteiger partial charge in [0, 0.05) is 41.9 Å². The van der Waals surface area contributed by atoms with Crippen molar-refractivity contribution in [2.45, 2.75) is 12.8 Å². The maximum atomic E-state index is 12.3. The number of aromatic nitrogens is 1. The van der Waals surface area contributed by atoms with Gasteiger partial charge in [0.05, 0.1) is 12.8 Å². The molecule has 31 heavy (non-hydrogen) atoms. The molecule has 0 fully saturated rings. The molecule has 2 aromatic carbocycles. The average molecular weight is 444 g/mol. The largest absolute Gasteiger partial charge is 0.447 e. The second kappa shape index (κ2) is 11.1. The van der Waals surface area contributed by atoms with E-state index in [2.05, 4.69) is 15.6 Å². The predicted octanol–water partition coefficient (Wildman–Crippen LogP) is 4.76. The first-order valence-electron chi connectivity index (χ1n) is 9.57. The first kappa shape index (κ1) is 22.3. The second-order valence-electron chi connectivity index (χ2n) is 6.51. The van der Waals surface area contributed by atoms with Crippen molar-refractivity contribution in [1.82, 2.24) is 4.98 Å². The third-order valence-electron chi connectivity index (χ3n) is 4.16. The van der Waals surface area contributed by atoms with Gasteiger partial charge in [-0.05, 0) is 42.5 Å². The summed E-state index contributed by atoms with van der Waals surface area (Å²) in [7, 11) is 1.52. The molecule has 9 heteroatoms. The van der Waals surface area contributed by atoms with Gasteiger partial charge in [-0.2, -0.15) is 0 Å². The fourth-order valence-electron chi connectivity index (χ4n) is 2.66. The van der Waals surface area contributed by atoms with Gasteiger partial charge >= 0.3 is 6.09 Å². The molecule has 0 bridgehead atoms. The monoisotopic (exact) mass is 443 g/mol. The first-order valence-corrected chi connectivity index (χ1v) is 9.94. The Labute approximate surface area is 184 Å². The number of halogens is 1. The summed E-state index contributed by atoms with van der Waals surface area (Å²) in [5.74, 6) is 0.878. The average Bonchev–Trinajstić information content (AvgIpc) is 3.22. The van der Waals surface area contributed by atoms with Crippen LogP contribution in [-0.4, -0.2) is 37.3 Å². The maximum absolute atomic E-state index is 12.3. The summed E-state index contributed by atoms with van der Waals surface area (Å²) in [6.07, 6.45) is 1.57. The van der Waals surface area contributed by atoms with E-state index < -0.39 is 6.09 Å². The molecule has 0 aliphatic heterocycles. The highest BCUT2D eigenvalue weighted by Gasteiger charge is 2.10. The highest BCUT2D eigenvalue weighted by atomic mass is 35.5. The van der Waals surface area contributed by atoms with Gasteiger partial charge in [0.2, 0.25) is 5.91 Å². The maximum Gasteiger partial charge on any atom is 0.411 e. The van der Waals surface area contributed by atoms with Gasteiger partial charge < -0.3 is 19.2 Å². The number of nitrogens with zero attached hydrogens (tertiary/aromatic N) is 1. The second-order valence-corrected chi connectivity index (χ2v) is 6.94. The Hall–Kier alpha value is -3.36. The zero-order valence-electron chi connectivity index (χ0n) is 16.9. The van der Waals surface area contributed by atoms with Crippen molar-refractivity contribution in [3.63, 3.8) is 0 Å². The molecule has 0 aliphatic rings. The van der Waals surface area contributed by atoms with Crippen molar-refractivity contribution in [3.8, 4) is 11.3 Å². The Morgan fingerprint density at radius 3 is 2.55 bits per heavy atom. The molecule has 8 nitrogen and oxygen atoms in total. The summed E-state index contributed by atoms with van der Waals surface area (Å²) in [4.78, 5) is 28.2. The molecule has 0 unspecified atom stereocenters. The molecule has 1 aromatic heterocycles. The molecule has 1 heterocycles. The lowest BCUT2D eigenvalue weighted by molar-refractivity contribution is -0.116. The molecular weight excluding hydrogens is 422 g/mol. The van der Waals surface area contributed by atoms with Crippen LogP contribution >= 0.6 is 11.6 Å². The van der Waals surface area contributed by atoms with Crippen LogP contribution in [0.4, 0.5) is 16.2 Å². The number of oxazole rings is 1. The van der Waals surface area contributed by atoms with Crippen LogP contribution in [0, 0.1) is 0 Å². The molecule has 0 saturated heterocycles. The molecular formula is C22H22ClN3O5. The number of hydrogen-bond donors (Lipinski definition) is 2. The minimum atomic E-state index is -0.596. The topological polar surface area (TPSA) is 103 Å². The van der Waals surface area contributed by atoms with Gasteiger partial charge in [-0.1, -0.05) is 17.7 Å². The Kier molecular flexibility index (Phi) is 8.03. The number of anilines is 2. The highest BCUT2D eigenvalue weighted by Crippen LogP contribution is 2.23. The van der Waals surface area contributed by atoms with Gasteiger partial charge in [0.1, 0.15) is 6.61 Å². The van der Waals surface area contributed by atoms with E-state index in [9.17, 15) is 9.59 Å². The van der Waals surface area contributed by atoms with E-state index in [4.69, 9.17) is 25.5 Å². The van der Waals surface area contributed by atoms with Crippen molar-refractivity contribution in [3.05, 3.63) is 65.6 Å². The molecule has 0 atom stereocenters. The van der Waals surface area contributed by atoms with Gasteiger partial charge in [-0.25, -0.2) is 9.78 Å². The smallest absolute Gasteiger partial charge is 0.411 e. The molecule has 3 aromatic rings. The summed E-state index contributed by atoms with van der Waals surface area (Å²) in [6.45, 7) is 0.467. The molecule has 2 amide bonds. The Bertz CT molecular complexity index is 1020. The number of ether oxygens (including phenoxy) is 2. The minimum Gasteiger partial charge on any atom is -0.447 e. The van der Waals surface area contributed by atoms with Gasteiger partial charge in [-0.3, -0.25) is 10.1 Å². The summed E-state index contributed by atoms with van der Waals surface area (Å²) >= 11 is 5.89. The summed E-state index contributed by atoms with van der Waals surface area (Å²) in [6, 6.07) is 14.0. The predicted molar refractivity (Wildman–Crippen MR) is 117 cm³/mol. The number of carbonyl (C=O) groups is 2. The fraction of sp³-hybridized carbons (Fsp3) is 0.227. The van der Waals surface area contributed by atoms with Gasteiger partial charge in [0.25, 0.3) is 0 Å².